The van der Waals surface area contributed by atoms with Gasteiger partial charge in [0.05, 0.1) is 29.7 Å². The molecule has 1 aliphatic heterocycles. The van der Waals surface area contributed by atoms with Gasteiger partial charge in [-0.15, -0.1) is 0 Å². The molecule has 5 rings (SSSR count). The number of furan rings is 1. The van der Waals surface area contributed by atoms with E-state index < -0.39 is 29.4 Å². The fraction of sp³-hybridized carbons (Fsp3) is 0.310. The number of nitrogens with zero attached hydrogens (tertiary/aromatic N) is 1. The monoisotopic (exact) mass is 511 g/mol. The summed E-state index contributed by atoms with van der Waals surface area (Å²) in [6.45, 7) is 0. The van der Waals surface area contributed by atoms with Gasteiger partial charge in [-0.1, -0.05) is 24.3 Å². The predicted molar refractivity (Wildman–Crippen MR) is 132 cm³/mol. The fourth-order valence-corrected chi connectivity index (χ4v) is 5.22. The average molecular weight is 512 g/mol. The molecule has 3 aliphatic rings. The average Bonchev–Trinajstić information content (AvgIpc) is 3.40. The van der Waals surface area contributed by atoms with Crippen LogP contribution in [0.1, 0.15) is 49.7 Å². The summed E-state index contributed by atoms with van der Waals surface area (Å²) in [5.74, 6) is -2.63. The van der Waals surface area contributed by atoms with E-state index in [0.717, 1.165) is 17.2 Å². The number of aliphatic imine (C=N–C) groups is 1. The van der Waals surface area contributed by atoms with Crippen molar-refractivity contribution in [2.45, 2.75) is 44.7 Å². The first-order chi connectivity index (χ1) is 17.7. The number of Topliss-reactive ketones (excluding diaryl/α,β-unsaturated/α-hetero) is 1. The van der Waals surface area contributed by atoms with E-state index in [4.69, 9.17) is 4.42 Å². The summed E-state index contributed by atoms with van der Waals surface area (Å²) >= 11 is 0. The summed E-state index contributed by atoms with van der Waals surface area (Å²) in [5.41, 5.74) is 1.15. The molecule has 0 spiro atoms. The first-order valence-electron chi connectivity index (χ1n) is 12.2. The lowest BCUT2D eigenvalue weighted by atomic mass is 9.85. The lowest BCUT2D eigenvalue weighted by Crippen LogP contribution is -2.28. The molecule has 37 heavy (non-hydrogen) atoms. The van der Waals surface area contributed by atoms with Crippen molar-refractivity contribution in [2.24, 2.45) is 16.8 Å². The lowest BCUT2D eigenvalue weighted by Gasteiger charge is -2.19. The van der Waals surface area contributed by atoms with E-state index in [1.54, 1.807) is 24.3 Å². The van der Waals surface area contributed by atoms with Crippen molar-refractivity contribution in [1.29, 1.82) is 0 Å². The highest BCUT2D eigenvalue weighted by Gasteiger charge is 2.46. The topological polar surface area (TPSA) is 62.8 Å². The molecule has 1 N–H and O–H groups in total. The van der Waals surface area contributed by atoms with Crippen molar-refractivity contribution in [3.8, 4) is 0 Å². The number of carbonyl (C=O) groups is 1. The van der Waals surface area contributed by atoms with Gasteiger partial charge in [0.1, 0.15) is 17.3 Å². The maximum absolute atomic E-state index is 14.2. The van der Waals surface area contributed by atoms with Gasteiger partial charge in [0.25, 0.3) is 0 Å². The van der Waals surface area contributed by atoms with Crippen LogP contribution in [0, 0.1) is 17.7 Å². The number of hydrogen-bond donors (Lipinski definition) is 1. The van der Waals surface area contributed by atoms with E-state index >= 15 is 0 Å². The first-order valence-corrected chi connectivity index (χ1v) is 12.2. The molecule has 2 aliphatic carbocycles. The number of carbonyl (C=O) groups excluding carboxylic acids is 1. The number of aliphatic hydroxyl groups is 1. The van der Waals surface area contributed by atoms with Gasteiger partial charge in [0, 0.05) is 11.5 Å². The third-order valence-corrected chi connectivity index (χ3v) is 7.18. The summed E-state index contributed by atoms with van der Waals surface area (Å²) in [5, 5.41) is 11.1. The summed E-state index contributed by atoms with van der Waals surface area (Å²) in [4.78, 5) is 17.4. The third-order valence-electron chi connectivity index (χ3n) is 7.18. The minimum atomic E-state index is -4.74. The molecular formula is C29H25F4NO3. The summed E-state index contributed by atoms with van der Waals surface area (Å²) in [6, 6.07) is 7.74. The van der Waals surface area contributed by atoms with Crippen LogP contribution < -0.4 is 0 Å². The van der Waals surface area contributed by atoms with Crippen LogP contribution in [-0.4, -0.2) is 22.8 Å². The standard InChI is InChI=1S/C29H25F4NO3/c30-22-11-9-18(10-12-22)17-3-1-4-19(8-7-17)27(35)26-28(36)23-6-2-5-20(21-13-14-37-16-21)15-24(25(23)34-26)29(31,32)33/h3,5,9-16,19,23,35H,1-2,4,6-8H2. The number of aliphatic hydroxyl groups excluding tert-OH is 1. The van der Waals surface area contributed by atoms with Crippen LogP contribution in [-0.2, 0) is 4.79 Å². The van der Waals surface area contributed by atoms with Crippen molar-refractivity contribution < 1.29 is 31.9 Å². The van der Waals surface area contributed by atoms with Gasteiger partial charge in [-0.2, -0.15) is 13.2 Å². The SMILES string of the molecule is O=C1C(=C(O)C2CCC=C(c3ccc(F)cc3)CC2)N=C2C(C(F)(F)F)=CC(c3ccoc3)=CCCC12. The van der Waals surface area contributed by atoms with E-state index in [1.807, 2.05) is 6.08 Å². The van der Waals surface area contributed by atoms with E-state index in [2.05, 4.69) is 4.99 Å². The normalized spacial score (nSPS) is 24.2. The number of rotatable bonds is 3. The van der Waals surface area contributed by atoms with Crippen molar-refractivity contribution in [2.75, 3.05) is 0 Å². The van der Waals surface area contributed by atoms with Crippen LogP contribution >= 0.6 is 0 Å². The molecule has 2 heterocycles. The maximum atomic E-state index is 14.2. The second-order valence-electron chi connectivity index (χ2n) is 9.50. The minimum Gasteiger partial charge on any atom is -0.510 e. The van der Waals surface area contributed by atoms with Crippen LogP contribution in [0.5, 0.6) is 0 Å². The smallest absolute Gasteiger partial charge is 0.418 e. The highest BCUT2D eigenvalue weighted by atomic mass is 19.4. The molecule has 2 aromatic rings. The molecule has 2 unspecified atom stereocenters. The van der Waals surface area contributed by atoms with Gasteiger partial charge in [-0.05, 0) is 79.5 Å². The van der Waals surface area contributed by atoms with E-state index in [9.17, 15) is 27.5 Å². The highest BCUT2D eigenvalue weighted by molar-refractivity contribution is 6.24. The van der Waals surface area contributed by atoms with Gasteiger partial charge >= 0.3 is 6.18 Å². The van der Waals surface area contributed by atoms with Crippen LogP contribution in [0.4, 0.5) is 17.6 Å². The largest absolute Gasteiger partial charge is 0.510 e. The molecule has 4 nitrogen and oxygen atoms in total. The Bertz CT molecular complexity index is 1340. The molecule has 0 fully saturated rings. The van der Waals surface area contributed by atoms with Crippen molar-refractivity contribution in [3.63, 3.8) is 0 Å². The van der Waals surface area contributed by atoms with Crippen LogP contribution in [0.15, 0.2) is 87.5 Å². The number of fused-ring (bicyclic) bond motifs is 1. The Morgan fingerprint density at radius 3 is 2.46 bits per heavy atom. The number of benzene rings is 1. The predicted octanol–water partition coefficient (Wildman–Crippen LogP) is 7.77. The van der Waals surface area contributed by atoms with Crippen molar-refractivity contribution >= 4 is 22.6 Å². The van der Waals surface area contributed by atoms with Gasteiger partial charge < -0.3 is 9.52 Å². The Hall–Kier alpha value is -3.68. The van der Waals surface area contributed by atoms with Gasteiger partial charge in [0.15, 0.2) is 5.78 Å². The third kappa shape index (κ3) is 5.10. The molecule has 0 radical (unpaired) electrons. The molecular weight excluding hydrogens is 486 g/mol. The molecule has 8 heteroatoms. The van der Waals surface area contributed by atoms with Gasteiger partial charge in [0.2, 0.25) is 0 Å². The zero-order valence-corrected chi connectivity index (χ0v) is 19.9. The zero-order valence-electron chi connectivity index (χ0n) is 19.9. The molecule has 0 saturated carbocycles. The Kier molecular flexibility index (Phi) is 6.75. The number of alkyl halides is 3. The number of halogens is 4. The molecule has 2 atom stereocenters. The Morgan fingerprint density at radius 2 is 1.76 bits per heavy atom. The summed E-state index contributed by atoms with van der Waals surface area (Å²) in [7, 11) is 0. The fourth-order valence-electron chi connectivity index (χ4n) is 5.22. The highest BCUT2D eigenvalue weighted by Crippen LogP contribution is 2.41. The van der Waals surface area contributed by atoms with Crippen LogP contribution in [0.3, 0.4) is 0 Å². The first kappa shape index (κ1) is 25.0. The van der Waals surface area contributed by atoms with E-state index in [1.165, 1.54) is 24.7 Å². The van der Waals surface area contributed by atoms with Gasteiger partial charge in [-0.3, -0.25) is 4.79 Å². The van der Waals surface area contributed by atoms with Crippen LogP contribution in [0.2, 0.25) is 0 Å². The minimum absolute atomic E-state index is 0.157. The second-order valence-corrected chi connectivity index (χ2v) is 9.50. The Labute approximate surface area is 211 Å². The summed E-state index contributed by atoms with van der Waals surface area (Å²) in [6.07, 6.45) is 5.45. The molecule has 0 saturated heterocycles. The quantitative estimate of drug-likeness (QED) is 0.260. The lowest BCUT2D eigenvalue weighted by molar-refractivity contribution is -0.117. The summed E-state index contributed by atoms with van der Waals surface area (Å²) < 4.78 is 60.9. The Balaban J connectivity index is 1.45. The number of hydrogen-bond acceptors (Lipinski definition) is 4. The van der Waals surface area contributed by atoms with Crippen molar-refractivity contribution in [1.82, 2.24) is 0 Å². The number of allylic oxidation sites excluding steroid dienone is 8. The molecule has 1 aromatic heterocycles. The van der Waals surface area contributed by atoms with Gasteiger partial charge in [-0.25, -0.2) is 9.38 Å². The maximum Gasteiger partial charge on any atom is 0.418 e. The second kappa shape index (κ2) is 10.00. The molecule has 0 amide bonds. The molecule has 0 bridgehead atoms. The zero-order chi connectivity index (χ0) is 26.2. The molecule has 192 valence electrons. The van der Waals surface area contributed by atoms with Crippen LogP contribution in [0.25, 0.3) is 11.1 Å². The van der Waals surface area contributed by atoms with Crippen molar-refractivity contribution in [3.05, 3.63) is 95.1 Å². The molecule has 1 aromatic carbocycles. The Morgan fingerprint density at radius 1 is 1.00 bits per heavy atom. The van der Waals surface area contributed by atoms with E-state index in [-0.39, 0.29) is 29.4 Å². The van der Waals surface area contributed by atoms with E-state index in [0.29, 0.717) is 43.2 Å². The number of ketones is 1.